The second kappa shape index (κ2) is 5.25. The predicted octanol–water partition coefficient (Wildman–Crippen LogP) is 2.06. The zero-order valence-electron chi connectivity index (χ0n) is 10.0. The van der Waals surface area contributed by atoms with Gasteiger partial charge in [0.15, 0.2) is 0 Å². The lowest BCUT2D eigenvalue weighted by Crippen LogP contribution is -2.47. The van der Waals surface area contributed by atoms with Crippen molar-refractivity contribution in [2.75, 3.05) is 13.6 Å². The summed E-state index contributed by atoms with van der Waals surface area (Å²) >= 11 is 0. The number of carbonyl (C=O) groups excluding carboxylic acids is 1. The zero-order chi connectivity index (χ0) is 13.1. The van der Waals surface area contributed by atoms with Crippen LogP contribution in [0, 0.1) is 0 Å². The van der Waals surface area contributed by atoms with Crippen LogP contribution in [-0.4, -0.2) is 36.1 Å². The Balaban J connectivity index is 2.47. The van der Waals surface area contributed by atoms with Crippen molar-refractivity contribution in [1.82, 2.24) is 4.90 Å². The third-order valence-corrected chi connectivity index (χ3v) is 3.19. The van der Waals surface area contributed by atoms with Crippen molar-refractivity contribution in [3.63, 3.8) is 0 Å². The summed E-state index contributed by atoms with van der Waals surface area (Å²) in [5, 5.41) is 0. The van der Waals surface area contributed by atoms with Crippen LogP contribution in [0.25, 0.3) is 0 Å². The molecule has 1 rings (SSSR count). The summed E-state index contributed by atoms with van der Waals surface area (Å²) in [6.45, 7) is -1.21. The fraction of sp³-hybridized carbons (Fsp3) is 0.909. The molecule has 0 aromatic heterocycles. The van der Waals surface area contributed by atoms with E-state index in [4.69, 9.17) is 5.73 Å². The Morgan fingerprint density at radius 3 is 2.29 bits per heavy atom. The van der Waals surface area contributed by atoms with Crippen LogP contribution in [0.5, 0.6) is 0 Å². The van der Waals surface area contributed by atoms with Gasteiger partial charge in [-0.3, -0.25) is 4.79 Å². The number of nitrogens with two attached hydrogens (primary N) is 1. The van der Waals surface area contributed by atoms with Crippen molar-refractivity contribution in [3.05, 3.63) is 0 Å². The second-order valence-electron chi connectivity index (χ2n) is 4.96. The maximum Gasteiger partial charge on any atom is 0.406 e. The summed E-state index contributed by atoms with van der Waals surface area (Å²) < 4.78 is 36.3. The average Bonchev–Trinajstić information content (AvgIpc) is 2.15. The summed E-state index contributed by atoms with van der Waals surface area (Å²) in [6.07, 6.45) is 0.0978. The molecule has 0 aliphatic heterocycles. The summed E-state index contributed by atoms with van der Waals surface area (Å²) in [4.78, 5) is 12.4. The van der Waals surface area contributed by atoms with Crippen LogP contribution in [0.2, 0.25) is 0 Å². The number of carbonyl (C=O) groups is 1. The fourth-order valence-corrected chi connectivity index (χ4v) is 2.23. The Hall–Kier alpha value is -0.780. The Labute approximate surface area is 99.1 Å². The van der Waals surface area contributed by atoms with E-state index in [1.165, 1.54) is 7.05 Å². The molecule has 3 nitrogen and oxygen atoms in total. The summed E-state index contributed by atoms with van der Waals surface area (Å²) in [6, 6.07) is 0. The topological polar surface area (TPSA) is 46.3 Å². The zero-order valence-corrected chi connectivity index (χ0v) is 10.0. The SMILES string of the molecule is CN(CC(F)(F)F)C(=O)CC1(N)CCCCC1. The quantitative estimate of drug-likeness (QED) is 0.835. The third-order valence-electron chi connectivity index (χ3n) is 3.19. The average molecular weight is 252 g/mol. The number of nitrogens with zero attached hydrogens (tertiary/aromatic N) is 1. The molecule has 0 aromatic carbocycles. The van der Waals surface area contributed by atoms with Crippen molar-refractivity contribution in [1.29, 1.82) is 0 Å². The smallest absolute Gasteiger partial charge is 0.337 e. The van der Waals surface area contributed by atoms with E-state index in [2.05, 4.69) is 0 Å². The largest absolute Gasteiger partial charge is 0.406 e. The molecule has 0 spiro atoms. The second-order valence-corrected chi connectivity index (χ2v) is 4.96. The first-order chi connectivity index (χ1) is 7.72. The van der Waals surface area contributed by atoms with Gasteiger partial charge in [-0.2, -0.15) is 13.2 Å². The molecule has 1 fully saturated rings. The van der Waals surface area contributed by atoms with Crippen LogP contribution in [0.1, 0.15) is 38.5 Å². The Morgan fingerprint density at radius 2 is 1.82 bits per heavy atom. The van der Waals surface area contributed by atoms with Gasteiger partial charge in [0.25, 0.3) is 0 Å². The molecule has 1 aliphatic carbocycles. The van der Waals surface area contributed by atoms with Crippen LogP contribution in [0.3, 0.4) is 0 Å². The number of rotatable bonds is 3. The highest BCUT2D eigenvalue weighted by Crippen LogP contribution is 2.29. The molecular formula is C11H19F3N2O. The maximum absolute atomic E-state index is 12.1. The molecule has 0 bridgehead atoms. The molecule has 0 heterocycles. The lowest BCUT2D eigenvalue weighted by molar-refractivity contribution is -0.159. The van der Waals surface area contributed by atoms with E-state index in [0.717, 1.165) is 32.1 Å². The highest BCUT2D eigenvalue weighted by atomic mass is 19.4. The van der Waals surface area contributed by atoms with Crippen molar-refractivity contribution in [2.45, 2.75) is 50.2 Å². The monoisotopic (exact) mass is 252 g/mol. The minimum Gasteiger partial charge on any atom is -0.337 e. The van der Waals surface area contributed by atoms with Gasteiger partial charge in [-0.15, -0.1) is 0 Å². The molecule has 0 saturated heterocycles. The number of alkyl halides is 3. The predicted molar refractivity (Wildman–Crippen MR) is 58.3 cm³/mol. The van der Waals surface area contributed by atoms with E-state index in [1.54, 1.807) is 0 Å². The van der Waals surface area contributed by atoms with E-state index < -0.39 is 24.2 Å². The Morgan fingerprint density at radius 1 is 1.29 bits per heavy atom. The van der Waals surface area contributed by atoms with E-state index in [1.807, 2.05) is 0 Å². The molecule has 1 aliphatic rings. The van der Waals surface area contributed by atoms with Crippen molar-refractivity contribution in [2.24, 2.45) is 5.73 Å². The Kier molecular flexibility index (Phi) is 4.41. The molecule has 2 N–H and O–H groups in total. The number of halogens is 3. The summed E-state index contributed by atoms with van der Waals surface area (Å²) in [5.41, 5.74) is 5.43. The number of hydrogen-bond donors (Lipinski definition) is 1. The standard InChI is InChI=1S/C11H19F3N2O/c1-16(8-11(12,13)14)9(17)7-10(15)5-3-2-4-6-10/h2-8,15H2,1H3. The number of amides is 1. The molecule has 0 radical (unpaired) electrons. The normalized spacial score (nSPS) is 20.1. The molecule has 0 unspecified atom stereocenters. The van der Waals surface area contributed by atoms with Crippen LogP contribution in [0.15, 0.2) is 0 Å². The van der Waals surface area contributed by atoms with Crippen LogP contribution in [0.4, 0.5) is 13.2 Å². The van der Waals surface area contributed by atoms with Gasteiger partial charge in [0.1, 0.15) is 6.54 Å². The van der Waals surface area contributed by atoms with E-state index in [-0.39, 0.29) is 6.42 Å². The fourth-order valence-electron chi connectivity index (χ4n) is 2.23. The maximum atomic E-state index is 12.1. The minimum atomic E-state index is -4.35. The van der Waals surface area contributed by atoms with Crippen molar-refractivity contribution >= 4 is 5.91 Å². The third kappa shape index (κ3) is 4.93. The van der Waals surface area contributed by atoms with Gasteiger partial charge in [-0.05, 0) is 12.8 Å². The van der Waals surface area contributed by atoms with Crippen molar-refractivity contribution < 1.29 is 18.0 Å². The van der Waals surface area contributed by atoms with Crippen LogP contribution < -0.4 is 5.73 Å². The first kappa shape index (κ1) is 14.3. The van der Waals surface area contributed by atoms with Gasteiger partial charge in [0.2, 0.25) is 5.91 Å². The van der Waals surface area contributed by atoms with Gasteiger partial charge in [0, 0.05) is 19.0 Å². The first-order valence-corrected chi connectivity index (χ1v) is 5.81. The van der Waals surface area contributed by atoms with Gasteiger partial charge in [-0.25, -0.2) is 0 Å². The van der Waals surface area contributed by atoms with Gasteiger partial charge in [0.05, 0.1) is 0 Å². The van der Waals surface area contributed by atoms with Gasteiger partial charge < -0.3 is 10.6 Å². The molecule has 17 heavy (non-hydrogen) atoms. The van der Waals surface area contributed by atoms with Crippen LogP contribution >= 0.6 is 0 Å². The van der Waals surface area contributed by atoms with Gasteiger partial charge in [-0.1, -0.05) is 19.3 Å². The highest BCUT2D eigenvalue weighted by molar-refractivity contribution is 5.77. The van der Waals surface area contributed by atoms with E-state index >= 15 is 0 Å². The van der Waals surface area contributed by atoms with Crippen LogP contribution in [-0.2, 0) is 4.79 Å². The van der Waals surface area contributed by atoms with E-state index in [0.29, 0.717) is 4.90 Å². The molecule has 0 atom stereocenters. The lowest BCUT2D eigenvalue weighted by Gasteiger charge is -2.34. The molecule has 100 valence electrons. The lowest BCUT2D eigenvalue weighted by atomic mass is 9.80. The van der Waals surface area contributed by atoms with E-state index in [9.17, 15) is 18.0 Å². The first-order valence-electron chi connectivity index (χ1n) is 5.81. The molecular weight excluding hydrogens is 233 g/mol. The molecule has 1 saturated carbocycles. The Bertz CT molecular complexity index is 272. The van der Waals surface area contributed by atoms with Gasteiger partial charge >= 0.3 is 6.18 Å². The summed E-state index contributed by atoms with van der Waals surface area (Å²) in [7, 11) is 1.17. The van der Waals surface area contributed by atoms with Crippen molar-refractivity contribution in [3.8, 4) is 0 Å². The summed E-state index contributed by atoms with van der Waals surface area (Å²) in [5.74, 6) is -0.522. The molecule has 0 aromatic rings. The molecule has 1 amide bonds. The molecule has 6 heteroatoms. The highest BCUT2D eigenvalue weighted by Gasteiger charge is 2.35. The minimum absolute atomic E-state index is 0.0135. The number of hydrogen-bond acceptors (Lipinski definition) is 2.